The van der Waals surface area contributed by atoms with Crippen LogP contribution in [-0.4, -0.2) is 23.1 Å². The Bertz CT molecular complexity index is 1090. The Morgan fingerprint density at radius 1 is 0.912 bits per heavy atom. The molecular formula is C30H36N2O2. The van der Waals surface area contributed by atoms with Crippen molar-refractivity contribution < 1.29 is 9.59 Å². The van der Waals surface area contributed by atoms with Crippen LogP contribution in [0.5, 0.6) is 0 Å². The Kier molecular flexibility index (Phi) is 10.0. The van der Waals surface area contributed by atoms with Crippen LogP contribution in [0.25, 0.3) is 10.9 Å². The third-order valence-corrected chi connectivity index (χ3v) is 6.33. The Labute approximate surface area is 203 Å². The van der Waals surface area contributed by atoms with Crippen LogP contribution in [0.1, 0.15) is 67.9 Å². The van der Waals surface area contributed by atoms with E-state index in [2.05, 4.69) is 35.9 Å². The predicted octanol–water partition coefficient (Wildman–Crippen LogP) is 6.70. The van der Waals surface area contributed by atoms with Gasteiger partial charge < -0.3 is 5.32 Å². The molecule has 0 aliphatic rings. The Morgan fingerprint density at radius 3 is 2.44 bits per heavy atom. The minimum absolute atomic E-state index is 0.0160. The molecule has 0 saturated carbocycles. The van der Waals surface area contributed by atoms with Gasteiger partial charge in [-0.15, -0.1) is 0 Å². The number of para-hydroxylation sites is 1. The number of aryl methyl sites for hydroxylation is 1. The SMILES string of the molecule is C=C(CC)NCCCC(CCCC(=O)c1ccc2ccccc2n1)C(=O)CCc1ccccc1. The van der Waals surface area contributed by atoms with Crippen LogP contribution in [-0.2, 0) is 11.2 Å². The van der Waals surface area contributed by atoms with Gasteiger partial charge in [-0.25, -0.2) is 4.98 Å². The summed E-state index contributed by atoms with van der Waals surface area (Å²) >= 11 is 0. The number of nitrogens with one attached hydrogen (secondary N) is 1. The summed E-state index contributed by atoms with van der Waals surface area (Å²) in [5.41, 5.74) is 3.56. The van der Waals surface area contributed by atoms with E-state index in [0.717, 1.165) is 55.2 Å². The molecule has 1 aromatic heterocycles. The van der Waals surface area contributed by atoms with Crippen LogP contribution in [0.2, 0.25) is 0 Å². The average molecular weight is 457 g/mol. The van der Waals surface area contributed by atoms with Crippen LogP contribution in [0.3, 0.4) is 0 Å². The second-order valence-corrected chi connectivity index (χ2v) is 8.88. The maximum atomic E-state index is 13.1. The fourth-order valence-electron chi connectivity index (χ4n) is 4.18. The van der Waals surface area contributed by atoms with E-state index < -0.39 is 0 Å². The normalized spacial score (nSPS) is 11.8. The molecule has 0 aliphatic heterocycles. The van der Waals surface area contributed by atoms with Crippen molar-refractivity contribution in [3.63, 3.8) is 0 Å². The summed E-state index contributed by atoms with van der Waals surface area (Å²) in [6.45, 7) is 6.89. The molecular weight excluding hydrogens is 420 g/mol. The lowest BCUT2D eigenvalue weighted by atomic mass is 9.89. The van der Waals surface area contributed by atoms with Crippen LogP contribution in [0, 0.1) is 5.92 Å². The summed E-state index contributed by atoms with van der Waals surface area (Å²) in [7, 11) is 0. The van der Waals surface area contributed by atoms with Gasteiger partial charge in [-0.3, -0.25) is 9.59 Å². The summed E-state index contributed by atoms with van der Waals surface area (Å²) in [6, 6.07) is 21.7. The minimum Gasteiger partial charge on any atom is -0.389 e. The van der Waals surface area contributed by atoms with Crippen LogP contribution in [0.4, 0.5) is 0 Å². The molecule has 3 aromatic rings. The van der Waals surface area contributed by atoms with Crippen LogP contribution >= 0.6 is 0 Å². The lowest BCUT2D eigenvalue weighted by Gasteiger charge is -2.16. The van der Waals surface area contributed by atoms with Gasteiger partial charge in [0.15, 0.2) is 5.78 Å². The first-order valence-corrected chi connectivity index (χ1v) is 12.4. The summed E-state index contributed by atoms with van der Waals surface area (Å²) in [6.07, 6.45) is 5.82. The number of rotatable bonds is 15. The molecule has 178 valence electrons. The zero-order valence-electron chi connectivity index (χ0n) is 20.3. The van der Waals surface area contributed by atoms with Crippen molar-refractivity contribution in [1.29, 1.82) is 0 Å². The van der Waals surface area contributed by atoms with Gasteiger partial charge in [-0.05, 0) is 56.2 Å². The van der Waals surface area contributed by atoms with E-state index in [9.17, 15) is 9.59 Å². The predicted molar refractivity (Wildman–Crippen MR) is 140 cm³/mol. The monoisotopic (exact) mass is 456 g/mol. The zero-order valence-corrected chi connectivity index (χ0v) is 20.3. The van der Waals surface area contributed by atoms with Gasteiger partial charge in [-0.2, -0.15) is 0 Å². The first kappa shape index (κ1) is 25.4. The number of benzene rings is 2. The molecule has 0 radical (unpaired) electrons. The number of carbonyl (C=O) groups excluding carboxylic acids is 2. The number of hydrogen-bond donors (Lipinski definition) is 1. The van der Waals surface area contributed by atoms with Crippen molar-refractivity contribution in [2.75, 3.05) is 6.54 Å². The summed E-state index contributed by atoms with van der Waals surface area (Å²) < 4.78 is 0. The van der Waals surface area contributed by atoms with Crippen molar-refractivity contribution in [3.8, 4) is 0 Å². The van der Waals surface area contributed by atoms with Gasteiger partial charge in [0.05, 0.1) is 5.52 Å². The molecule has 2 aromatic carbocycles. The number of allylic oxidation sites excluding steroid dienone is 1. The molecule has 1 heterocycles. The van der Waals surface area contributed by atoms with Gasteiger partial charge in [0.25, 0.3) is 0 Å². The number of nitrogens with zero attached hydrogens (tertiary/aromatic N) is 1. The number of aromatic nitrogens is 1. The van der Waals surface area contributed by atoms with E-state index in [0.29, 0.717) is 30.7 Å². The van der Waals surface area contributed by atoms with Crippen LogP contribution < -0.4 is 5.32 Å². The lowest BCUT2D eigenvalue weighted by Crippen LogP contribution is -2.19. The second kappa shape index (κ2) is 13.4. The maximum Gasteiger partial charge on any atom is 0.181 e. The van der Waals surface area contributed by atoms with E-state index in [4.69, 9.17) is 0 Å². The highest BCUT2D eigenvalue weighted by Gasteiger charge is 2.19. The Morgan fingerprint density at radius 2 is 1.65 bits per heavy atom. The van der Waals surface area contributed by atoms with Gasteiger partial charge in [0.2, 0.25) is 0 Å². The summed E-state index contributed by atoms with van der Waals surface area (Å²) in [5, 5.41) is 4.36. The fourth-order valence-corrected chi connectivity index (χ4v) is 4.18. The standard InChI is InChI=1S/C30H36N2O2/c1-3-23(2)31-22-10-15-26(29(33)21-18-24-11-5-4-6-12-24)14-9-17-30(34)28-20-19-25-13-7-8-16-27(25)32-28/h4-8,11-13,16,19-20,26,31H,2-3,9-10,14-15,17-18,21-22H2,1H3. The molecule has 0 fully saturated rings. The number of hydrogen-bond acceptors (Lipinski definition) is 4. The zero-order chi connectivity index (χ0) is 24.2. The quantitative estimate of drug-likeness (QED) is 0.204. The molecule has 1 unspecified atom stereocenters. The van der Waals surface area contributed by atoms with Crippen molar-refractivity contribution in [2.45, 2.75) is 58.3 Å². The van der Waals surface area contributed by atoms with Crippen molar-refractivity contribution in [3.05, 3.63) is 90.3 Å². The maximum absolute atomic E-state index is 13.1. The molecule has 4 heteroatoms. The van der Waals surface area contributed by atoms with E-state index in [1.807, 2.05) is 48.5 Å². The molecule has 34 heavy (non-hydrogen) atoms. The minimum atomic E-state index is -0.0160. The number of ketones is 2. The van der Waals surface area contributed by atoms with Gasteiger partial charge >= 0.3 is 0 Å². The number of Topliss-reactive ketones (excluding diaryl/α,β-unsaturated/α-hetero) is 2. The van der Waals surface area contributed by atoms with Crippen molar-refractivity contribution >= 4 is 22.5 Å². The molecule has 0 aliphatic carbocycles. The fraction of sp³-hybridized carbons (Fsp3) is 0.367. The summed E-state index contributed by atoms with van der Waals surface area (Å²) in [4.78, 5) is 30.3. The van der Waals surface area contributed by atoms with Gasteiger partial charge in [0, 0.05) is 36.4 Å². The molecule has 0 amide bonds. The van der Waals surface area contributed by atoms with E-state index in [1.165, 1.54) is 5.56 Å². The Balaban J connectivity index is 1.53. The van der Waals surface area contributed by atoms with Crippen molar-refractivity contribution in [1.82, 2.24) is 10.3 Å². The Hall–Kier alpha value is -3.27. The first-order chi connectivity index (χ1) is 16.6. The molecule has 4 nitrogen and oxygen atoms in total. The van der Waals surface area contributed by atoms with E-state index in [-0.39, 0.29) is 11.7 Å². The van der Waals surface area contributed by atoms with E-state index in [1.54, 1.807) is 6.07 Å². The first-order valence-electron chi connectivity index (χ1n) is 12.4. The largest absolute Gasteiger partial charge is 0.389 e. The van der Waals surface area contributed by atoms with Gasteiger partial charge in [-0.1, -0.05) is 68.1 Å². The molecule has 1 N–H and O–H groups in total. The number of carbonyl (C=O) groups is 2. The number of fused-ring (bicyclic) bond motifs is 1. The second-order valence-electron chi connectivity index (χ2n) is 8.88. The number of pyridine rings is 1. The van der Waals surface area contributed by atoms with Crippen molar-refractivity contribution in [2.24, 2.45) is 5.92 Å². The highest BCUT2D eigenvalue weighted by atomic mass is 16.1. The molecule has 1 atom stereocenters. The molecule has 0 bridgehead atoms. The highest BCUT2D eigenvalue weighted by Crippen LogP contribution is 2.21. The van der Waals surface area contributed by atoms with Crippen LogP contribution in [0.15, 0.2) is 79.0 Å². The van der Waals surface area contributed by atoms with E-state index >= 15 is 0 Å². The molecule has 3 rings (SSSR count). The third kappa shape index (κ3) is 7.95. The molecule has 0 saturated heterocycles. The lowest BCUT2D eigenvalue weighted by molar-refractivity contribution is -0.123. The average Bonchev–Trinajstić information content (AvgIpc) is 2.88. The highest BCUT2D eigenvalue weighted by molar-refractivity contribution is 5.96. The van der Waals surface area contributed by atoms with Gasteiger partial charge in [0.1, 0.15) is 11.5 Å². The topological polar surface area (TPSA) is 59.1 Å². The smallest absolute Gasteiger partial charge is 0.181 e. The molecule has 0 spiro atoms. The third-order valence-electron chi connectivity index (χ3n) is 6.33. The summed E-state index contributed by atoms with van der Waals surface area (Å²) in [5.74, 6) is 0.328.